The van der Waals surface area contributed by atoms with Gasteiger partial charge in [-0.3, -0.25) is 10.1 Å². The summed E-state index contributed by atoms with van der Waals surface area (Å²) in [6, 6.07) is 3.24. The number of hydrogen-bond donors (Lipinski definition) is 3. The minimum Gasteiger partial charge on any atom is -0.378 e. The standard InChI is InChI=1S/C11H17N5O2/c12-6-7-2-1-3-8(7)14-10-5-4-9(16(17)18)11(13)15-10/h4-5,7-8H,1-3,6,12H2,(H3,13,14,15). The normalized spacial score (nSPS) is 22.9. The van der Waals surface area contributed by atoms with E-state index < -0.39 is 4.92 Å². The van der Waals surface area contributed by atoms with Crippen molar-refractivity contribution in [1.29, 1.82) is 0 Å². The van der Waals surface area contributed by atoms with Gasteiger partial charge in [0.2, 0.25) is 5.82 Å². The van der Waals surface area contributed by atoms with Crippen LogP contribution < -0.4 is 16.8 Å². The number of pyridine rings is 1. The number of rotatable bonds is 4. The first kappa shape index (κ1) is 12.6. The second-order valence-corrected chi connectivity index (χ2v) is 4.54. The van der Waals surface area contributed by atoms with E-state index in [0.29, 0.717) is 18.3 Å². The minimum absolute atomic E-state index is 0.0627. The zero-order valence-corrected chi connectivity index (χ0v) is 10.0. The molecule has 1 saturated carbocycles. The molecule has 0 aliphatic heterocycles. The van der Waals surface area contributed by atoms with Gasteiger partial charge in [-0.25, -0.2) is 4.98 Å². The Bertz CT molecular complexity index is 451. The van der Waals surface area contributed by atoms with E-state index in [9.17, 15) is 10.1 Å². The van der Waals surface area contributed by atoms with Crippen LogP contribution in [-0.4, -0.2) is 22.5 Å². The molecule has 0 radical (unpaired) electrons. The summed E-state index contributed by atoms with van der Waals surface area (Å²) in [5.74, 6) is 0.943. The molecule has 7 heteroatoms. The van der Waals surface area contributed by atoms with Crippen LogP contribution in [0.15, 0.2) is 12.1 Å². The van der Waals surface area contributed by atoms with Crippen molar-refractivity contribution in [3.8, 4) is 0 Å². The molecule has 2 unspecified atom stereocenters. The summed E-state index contributed by atoms with van der Waals surface area (Å²) in [4.78, 5) is 14.1. The molecule has 0 amide bonds. The van der Waals surface area contributed by atoms with Gasteiger partial charge in [-0.15, -0.1) is 0 Å². The van der Waals surface area contributed by atoms with Crippen molar-refractivity contribution >= 4 is 17.3 Å². The molecule has 1 aromatic rings. The Morgan fingerprint density at radius 1 is 1.50 bits per heavy atom. The summed E-state index contributed by atoms with van der Waals surface area (Å²) in [5.41, 5.74) is 11.1. The highest BCUT2D eigenvalue weighted by Gasteiger charge is 2.26. The predicted octanol–water partition coefficient (Wildman–Crippen LogP) is 1.11. The van der Waals surface area contributed by atoms with Gasteiger partial charge in [0.25, 0.3) is 0 Å². The van der Waals surface area contributed by atoms with Gasteiger partial charge in [0.1, 0.15) is 5.82 Å². The number of nitrogens with zero attached hydrogens (tertiary/aromatic N) is 2. The van der Waals surface area contributed by atoms with E-state index in [1.54, 1.807) is 6.07 Å². The molecule has 1 aliphatic rings. The lowest BCUT2D eigenvalue weighted by molar-refractivity contribution is -0.384. The molecule has 98 valence electrons. The van der Waals surface area contributed by atoms with Crippen molar-refractivity contribution in [2.45, 2.75) is 25.3 Å². The maximum absolute atomic E-state index is 10.6. The molecule has 0 saturated heterocycles. The van der Waals surface area contributed by atoms with E-state index in [0.717, 1.165) is 19.3 Å². The zero-order chi connectivity index (χ0) is 13.1. The molecular formula is C11H17N5O2. The number of hydrogen-bond acceptors (Lipinski definition) is 6. The van der Waals surface area contributed by atoms with Gasteiger partial charge in [-0.1, -0.05) is 6.42 Å². The molecule has 0 bridgehead atoms. The van der Waals surface area contributed by atoms with Gasteiger partial charge in [-0.05, 0) is 31.4 Å². The Morgan fingerprint density at radius 3 is 2.89 bits per heavy atom. The van der Waals surface area contributed by atoms with Gasteiger partial charge in [0.05, 0.1) is 4.92 Å². The van der Waals surface area contributed by atoms with Gasteiger partial charge in [0.15, 0.2) is 0 Å². The molecule has 0 aromatic carbocycles. The van der Waals surface area contributed by atoms with Crippen molar-refractivity contribution < 1.29 is 4.92 Å². The summed E-state index contributed by atoms with van der Waals surface area (Å²) < 4.78 is 0. The van der Waals surface area contributed by atoms with Gasteiger partial charge < -0.3 is 16.8 Å². The number of anilines is 2. The van der Waals surface area contributed by atoms with Crippen molar-refractivity contribution in [2.24, 2.45) is 11.7 Å². The second-order valence-electron chi connectivity index (χ2n) is 4.54. The molecule has 5 N–H and O–H groups in total. The average molecular weight is 251 g/mol. The number of nitro groups is 1. The summed E-state index contributed by atoms with van der Waals surface area (Å²) in [5, 5.41) is 13.9. The molecule has 1 fully saturated rings. The first-order chi connectivity index (χ1) is 8.61. The van der Waals surface area contributed by atoms with Crippen LogP contribution in [0.3, 0.4) is 0 Å². The molecule has 2 atom stereocenters. The largest absolute Gasteiger partial charge is 0.378 e. The van der Waals surface area contributed by atoms with Crippen LogP contribution >= 0.6 is 0 Å². The lowest BCUT2D eigenvalue weighted by Gasteiger charge is -2.20. The fourth-order valence-electron chi connectivity index (χ4n) is 2.40. The van der Waals surface area contributed by atoms with Crippen LogP contribution in [-0.2, 0) is 0 Å². The van der Waals surface area contributed by atoms with E-state index in [1.165, 1.54) is 6.07 Å². The van der Waals surface area contributed by atoms with Gasteiger partial charge in [0, 0.05) is 12.1 Å². The van der Waals surface area contributed by atoms with Crippen molar-refractivity contribution in [3.05, 3.63) is 22.2 Å². The second kappa shape index (κ2) is 5.18. The summed E-state index contributed by atoms with van der Waals surface area (Å²) >= 11 is 0. The maximum atomic E-state index is 10.6. The number of nitrogens with one attached hydrogen (secondary N) is 1. The van der Waals surface area contributed by atoms with Crippen LogP contribution in [0.4, 0.5) is 17.3 Å². The third-order valence-electron chi connectivity index (χ3n) is 3.39. The van der Waals surface area contributed by atoms with E-state index in [2.05, 4.69) is 10.3 Å². The fraction of sp³-hybridized carbons (Fsp3) is 0.545. The van der Waals surface area contributed by atoms with E-state index >= 15 is 0 Å². The fourth-order valence-corrected chi connectivity index (χ4v) is 2.40. The van der Waals surface area contributed by atoms with Crippen LogP contribution in [0.25, 0.3) is 0 Å². The number of aromatic nitrogens is 1. The number of nitrogen functional groups attached to an aromatic ring is 1. The molecular weight excluding hydrogens is 234 g/mol. The highest BCUT2D eigenvalue weighted by Crippen LogP contribution is 2.28. The van der Waals surface area contributed by atoms with E-state index in [-0.39, 0.29) is 17.5 Å². The smallest absolute Gasteiger partial charge is 0.311 e. The van der Waals surface area contributed by atoms with Crippen LogP contribution in [0.5, 0.6) is 0 Å². The van der Waals surface area contributed by atoms with Crippen LogP contribution in [0.1, 0.15) is 19.3 Å². The summed E-state index contributed by atoms with van der Waals surface area (Å²) in [6.45, 7) is 0.639. The molecule has 1 heterocycles. The quantitative estimate of drug-likeness (QED) is 0.544. The van der Waals surface area contributed by atoms with Crippen molar-refractivity contribution in [1.82, 2.24) is 4.98 Å². The molecule has 2 rings (SSSR count). The SMILES string of the molecule is NCC1CCCC1Nc1ccc([N+](=O)[O-])c(N)n1. The Kier molecular flexibility index (Phi) is 3.61. The molecule has 0 spiro atoms. The zero-order valence-electron chi connectivity index (χ0n) is 10.0. The molecule has 1 aromatic heterocycles. The highest BCUT2D eigenvalue weighted by molar-refractivity contribution is 5.57. The van der Waals surface area contributed by atoms with Gasteiger partial charge in [-0.2, -0.15) is 0 Å². The lowest BCUT2D eigenvalue weighted by atomic mass is 10.0. The number of nitrogens with two attached hydrogens (primary N) is 2. The predicted molar refractivity (Wildman–Crippen MR) is 69.1 cm³/mol. The van der Waals surface area contributed by atoms with E-state index in [4.69, 9.17) is 11.5 Å². The Balaban J connectivity index is 2.10. The first-order valence-electron chi connectivity index (χ1n) is 5.99. The van der Waals surface area contributed by atoms with Crippen LogP contribution in [0, 0.1) is 16.0 Å². The van der Waals surface area contributed by atoms with Crippen molar-refractivity contribution in [3.63, 3.8) is 0 Å². The summed E-state index contributed by atoms with van der Waals surface area (Å²) in [7, 11) is 0. The minimum atomic E-state index is -0.537. The lowest BCUT2D eigenvalue weighted by Crippen LogP contribution is -2.29. The Morgan fingerprint density at radius 2 is 2.28 bits per heavy atom. The topological polar surface area (TPSA) is 120 Å². The summed E-state index contributed by atoms with van der Waals surface area (Å²) in [6.07, 6.45) is 3.29. The van der Waals surface area contributed by atoms with E-state index in [1.807, 2.05) is 0 Å². The molecule has 7 nitrogen and oxygen atoms in total. The Hall–Kier alpha value is -1.89. The third kappa shape index (κ3) is 2.51. The molecule has 1 aliphatic carbocycles. The maximum Gasteiger partial charge on any atom is 0.311 e. The first-order valence-corrected chi connectivity index (χ1v) is 5.99. The monoisotopic (exact) mass is 251 g/mol. The Labute approximate surface area is 105 Å². The van der Waals surface area contributed by atoms with Crippen molar-refractivity contribution in [2.75, 3.05) is 17.6 Å². The van der Waals surface area contributed by atoms with Crippen LogP contribution in [0.2, 0.25) is 0 Å². The highest BCUT2D eigenvalue weighted by atomic mass is 16.6. The van der Waals surface area contributed by atoms with Gasteiger partial charge >= 0.3 is 5.69 Å². The third-order valence-corrected chi connectivity index (χ3v) is 3.39. The molecule has 18 heavy (non-hydrogen) atoms. The average Bonchev–Trinajstić information content (AvgIpc) is 2.76.